The second kappa shape index (κ2) is 8.61. The maximum atomic E-state index is 12.7. The molecular weight excluding hydrogens is 382 g/mol. The van der Waals surface area contributed by atoms with Crippen molar-refractivity contribution >= 4 is 23.4 Å². The monoisotopic (exact) mass is 405 g/mol. The number of fused-ring (bicyclic) bond motifs is 1. The summed E-state index contributed by atoms with van der Waals surface area (Å²) in [4.78, 5) is 16.9. The highest BCUT2D eigenvalue weighted by Gasteiger charge is 2.21. The summed E-state index contributed by atoms with van der Waals surface area (Å²) in [5.41, 5.74) is 4.47. The lowest BCUT2D eigenvalue weighted by Gasteiger charge is -2.13. The van der Waals surface area contributed by atoms with Gasteiger partial charge in [0.15, 0.2) is 11.0 Å². The quantitative estimate of drug-likeness (QED) is 0.473. The smallest absolute Gasteiger partial charge is 0.237 e. The zero-order valence-corrected chi connectivity index (χ0v) is 17.2. The van der Waals surface area contributed by atoms with Gasteiger partial charge in [0, 0.05) is 30.2 Å². The van der Waals surface area contributed by atoms with Gasteiger partial charge in [-0.2, -0.15) is 0 Å². The van der Waals surface area contributed by atoms with Gasteiger partial charge in [-0.05, 0) is 61.6 Å². The van der Waals surface area contributed by atoms with Crippen molar-refractivity contribution < 1.29 is 4.79 Å². The molecule has 3 aromatic rings. The number of anilines is 1. The van der Waals surface area contributed by atoms with Crippen molar-refractivity contribution in [3.8, 4) is 11.4 Å². The fourth-order valence-electron chi connectivity index (χ4n) is 3.48. The number of nitrogens with one attached hydrogen (secondary N) is 1. The second-order valence-corrected chi connectivity index (χ2v) is 8.34. The van der Waals surface area contributed by atoms with Crippen LogP contribution in [-0.2, 0) is 24.2 Å². The van der Waals surface area contributed by atoms with Gasteiger partial charge < -0.3 is 5.32 Å². The van der Waals surface area contributed by atoms with Crippen molar-refractivity contribution in [1.29, 1.82) is 0 Å². The average Bonchev–Trinajstić information content (AvgIpc) is 3.36. The lowest BCUT2D eigenvalue weighted by atomic mass is 10.1. The number of carbonyl (C=O) groups is 1. The summed E-state index contributed by atoms with van der Waals surface area (Å²) < 4.78 is 1.95. The summed E-state index contributed by atoms with van der Waals surface area (Å²) in [7, 11) is 0. The Labute approximate surface area is 174 Å². The maximum Gasteiger partial charge on any atom is 0.237 e. The van der Waals surface area contributed by atoms with Crippen molar-refractivity contribution in [3.63, 3.8) is 0 Å². The number of pyridine rings is 1. The number of carbonyl (C=O) groups excluding carboxylic acids is 1. The van der Waals surface area contributed by atoms with Gasteiger partial charge in [0.2, 0.25) is 5.91 Å². The lowest BCUT2D eigenvalue weighted by molar-refractivity contribution is -0.115. The number of nitrogens with zero attached hydrogens (tertiary/aromatic N) is 4. The van der Waals surface area contributed by atoms with E-state index >= 15 is 0 Å². The summed E-state index contributed by atoms with van der Waals surface area (Å²) >= 11 is 1.39. The molecule has 1 aliphatic rings. The Kier molecular flexibility index (Phi) is 5.76. The Balaban J connectivity index is 1.49. The number of thioether (sulfide) groups is 1. The molecule has 2 heterocycles. The van der Waals surface area contributed by atoms with Crippen molar-refractivity contribution in [3.05, 3.63) is 66.5 Å². The summed E-state index contributed by atoms with van der Waals surface area (Å²) in [5, 5.41) is 12.0. The van der Waals surface area contributed by atoms with Gasteiger partial charge in [0.1, 0.15) is 0 Å². The standard InChI is InChI=1S/C22H23N5OS/c1-3-12-27-20(18-8-5-11-23-14-18)25-26-22(27)29-15(2)21(28)24-19-10-9-16-6-4-7-17(16)13-19/h3,5,8-11,13-15H,1,4,6-7,12H2,2H3,(H,24,28)/t15-/m1/s1. The molecule has 0 fully saturated rings. The Bertz CT molecular complexity index is 1030. The van der Waals surface area contributed by atoms with Crippen molar-refractivity contribution in [2.45, 2.75) is 43.1 Å². The molecule has 2 aromatic heterocycles. The van der Waals surface area contributed by atoms with Gasteiger partial charge >= 0.3 is 0 Å². The number of hydrogen-bond donors (Lipinski definition) is 1. The van der Waals surface area contributed by atoms with Crippen LogP contribution < -0.4 is 5.32 Å². The fourth-order valence-corrected chi connectivity index (χ4v) is 4.34. The molecule has 6 nitrogen and oxygen atoms in total. The molecule has 1 N–H and O–H groups in total. The first kappa shape index (κ1) is 19.4. The third-order valence-electron chi connectivity index (χ3n) is 4.97. The summed E-state index contributed by atoms with van der Waals surface area (Å²) in [6.07, 6.45) is 8.68. The molecule has 0 radical (unpaired) electrons. The Hall–Kier alpha value is -2.93. The topological polar surface area (TPSA) is 72.7 Å². The van der Waals surface area contributed by atoms with Crippen LogP contribution in [0.2, 0.25) is 0 Å². The van der Waals surface area contributed by atoms with Crippen LogP contribution in [0.1, 0.15) is 24.5 Å². The first-order chi connectivity index (χ1) is 14.2. The largest absolute Gasteiger partial charge is 0.325 e. The predicted molar refractivity (Wildman–Crippen MR) is 116 cm³/mol. The fraction of sp³-hybridized carbons (Fsp3) is 0.273. The molecular formula is C22H23N5OS. The number of amides is 1. The van der Waals surface area contributed by atoms with Gasteiger partial charge in [0.05, 0.1) is 5.25 Å². The SMILES string of the molecule is C=CCn1c(S[C@H](C)C(=O)Nc2ccc3c(c2)CCC3)nnc1-c1cccnc1. The van der Waals surface area contributed by atoms with Crippen LogP contribution >= 0.6 is 11.8 Å². The molecule has 0 aliphatic heterocycles. The van der Waals surface area contributed by atoms with E-state index in [9.17, 15) is 4.79 Å². The van der Waals surface area contributed by atoms with E-state index in [1.807, 2.05) is 29.7 Å². The second-order valence-electron chi connectivity index (χ2n) is 7.03. The van der Waals surface area contributed by atoms with Crippen LogP contribution in [0, 0.1) is 0 Å². The first-order valence-electron chi connectivity index (χ1n) is 9.69. The third kappa shape index (κ3) is 4.24. The number of rotatable bonds is 7. The van der Waals surface area contributed by atoms with Crippen molar-refractivity contribution in [2.24, 2.45) is 0 Å². The van der Waals surface area contributed by atoms with E-state index in [1.165, 1.54) is 29.3 Å². The molecule has 1 aliphatic carbocycles. The van der Waals surface area contributed by atoms with Crippen LogP contribution in [0.4, 0.5) is 5.69 Å². The minimum absolute atomic E-state index is 0.0518. The number of hydrogen-bond acceptors (Lipinski definition) is 5. The van der Waals surface area contributed by atoms with Crippen LogP contribution in [0.3, 0.4) is 0 Å². The Morgan fingerprint density at radius 3 is 2.97 bits per heavy atom. The first-order valence-corrected chi connectivity index (χ1v) is 10.6. The number of aryl methyl sites for hydroxylation is 2. The van der Waals surface area contributed by atoms with E-state index < -0.39 is 0 Å². The molecule has 0 unspecified atom stereocenters. The van der Waals surface area contributed by atoms with E-state index in [0.29, 0.717) is 17.5 Å². The molecule has 7 heteroatoms. The zero-order valence-electron chi connectivity index (χ0n) is 16.3. The molecule has 0 saturated heterocycles. The molecule has 29 heavy (non-hydrogen) atoms. The van der Waals surface area contributed by atoms with E-state index in [2.05, 4.69) is 39.2 Å². The summed E-state index contributed by atoms with van der Waals surface area (Å²) in [5.74, 6) is 0.663. The van der Waals surface area contributed by atoms with E-state index in [1.54, 1.807) is 18.5 Å². The maximum absolute atomic E-state index is 12.7. The Morgan fingerprint density at radius 2 is 2.17 bits per heavy atom. The third-order valence-corrected chi connectivity index (χ3v) is 6.05. The molecule has 1 aromatic carbocycles. The Morgan fingerprint density at radius 1 is 1.31 bits per heavy atom. The molecule has 1 amide bonds. The lowest BCUT2D eigenvalue weighted by Crippen LogP contribution is -2.23. The van der Waals surface area contributed by atoms with Gasteiger partial charge in [0.25, 0.3) is 0 Å². The highest BCUT2D eigenvalue weighted by Crippen LogP contribution is 2.28. The molecule has 148 valence electrons. The van der Waals surface area contributed by atoms with Crippen molar-refractivity contribution in [2.75, 3.05) is 5.32 Å². The van der Waals surface area contributed by atoms with Crippen molar-refractivity contribution in [1.82, 2.24) is 19.7 Å². The minimum Gasteiger partial charge on any atom is -0.325 e. The zero-order chi connectivity index (χ0) is 20.2. The van der Waals surface area contributed by atoms with Crippen LogP contribution in [0.15, 0.2) is 60.5 Å². The number of aromatic nitrogens is 4. The molecule has 0 bridgehead atoms. The highest BCUT2D eigenvalue weighted by atomic mass is 32.2. The highest BCUT2D eigenvalue weighted by molar-refractivity contribution is 8.00. The van der Waals surface area contributed by atoms with Crippen LogP contribution in [0.5, 0.6) is 0 Å². The van der Waals surface area contributed by atoms with Crippen LogP contribution in [0.25, 0.3) is 11.4 Å². The predicted octanol–water partition coefficient (Wildman–Crippen LogP) is 4.13. The molecule has 0 spiro atoms. The van der Waals surface area contributed by atoms with Gasteiger partial charge in [-0.25, -0.2) is 0 Å². The summed E-state index contributed by atoms with van der Waals surface area (Å²) in [6, 6.07) is 10.0. The van der Waals surface area contributed by atoms with Gasteiger partial charge in [-0.3, -0.25) is 14.3 Å². The number of benzene rings is 1. The number of allylic oxidation sites excluding steroid dienone is 1. The van der Waals surface area contributed by atoms with E-state index in [4.69, 9.17) is 0 Å². The molecule has 0 saturated carbocycles. The van der Waals surface area contributed by atoms with E-state index in [-0.39, 0.29) is 11.2 Å². The average molecular weight is 406 g/mol. The van der Waals surface area contributed by atoms with Gasteiger partial charge in [-0.1, -0.05) is 23.9 Å². The van der Waals surface area contributed by atoms with Crippen LogP contribution in [-0.4, -0.2) is 30.9 Å². The molecule has 4 rings (SSSR count). The summed E-state index contributed by atoms with van der Waals surface area (Å²) in [6.45, 7) is 6.26. The molecule has 1 atom stereocenters. The van der Waals surface area contributed by atoms with Gasteiger partial charge in [-0.15, -0.1) is 16.8 Å². The van der Waals surface area contributed by atoms with E-state index in [0.717, 1.165) is 24.1 Å². The minimum atomic E-state index is -0.322. The normalized spacial score (nSPS) is 13.7.